The number of nitrogens with zero attached hydrogens (tertiary/aromatic N) is 1. The summed E-state index contributed by atoms with van der Waals surface area (Å²) in [6.07, 6.45) is 1.55. The van der Waals surface area contributed by atoms with Crippen LogP contribution in [-0.4, -0.2) is 41.7 Å². The monoisotopic (exact) mass is 263 g/mol. The molecule has 0 bridgehead atoms. The molecule has 1 atom stereocenters. The number of aliphatic hydroxyl groups is 1. The number of para-hydroxylation sites is 1. The first kappa shape index (κ1) is 13.9. The summed E-state index contributed by atoms with van der Waals surface area (Å²) in [4.78, 5) is 13.6. The topological polar surface area (TPSA) is 49.8 Å². The number of carbonyl (C=O) groups is 1. The molecule has 1 amide bonds. The van der Waals surface area contributed by atoms with Crippen molar-refractivity contribution in [1.82, 2.24) is 4.90 Å². The van der Waals surface area contributed by atoms with Gasteiger partial charge in [0.25, 0.3) is 0 Å². The Hall–Kier alpha value is -1.55. The summed E-state index contributed by atoms with van der Waals surface area (Å²) in [5, 5.41) is 9.38. The first-order valence-corrected chi connectivity index (χ1v) is 6.81. The van der Waals surface area contributed by atoms with E-state index in [1.165, 1.54) is 0 Å². The second-order valence-corrected chi connectivity index (χ2v) is 5.00. The number of hydrogen-bond acceptors (Lipinski definition) is 3. The third-order valence-electron chi connectivity index (χ3n) is 3.40. The predicted molar refractivity (Wildman–Crippen MR) is 73.1 cm³/mol. The van der Waals surface area contributed by atoms with E-state index < -0.39 is 0 Å². The van der Waals surface area contributed by atoms with Crippen molar-refractivity contribution in [3.05, 3.63) is 29.8 Å². The molecule has 4 nitrogen and oxygen atoms in total. The summed E-state index contributed by atoms with van der Waals surface area (Å²) < 4.78 is 5.65. The van der Waals surface area contributed by atoms with Crippen LogP contribution in [0.5, 0.6) is 5.75 Å². The minimum Gasteiger partial charge on any atom is -0.493 e. The third kappa shape index (κ3) is 3.96. The lowest BCUT2D eigenvalue weighted by atomic mass is 10.2. The Balaban J connectivity index is 1.67. The Morgan fingerprint density at radius 2 is 2.26 bits per heavy atom. The van der Waals surface area contributed by atoms with Gasteiger partial charge in [-0.2, -0.15) is 0 Å². The van der Waals surface area contributed by atoms with E-state index in [1.807, 2.05) is 31.2 Å². The zero-order valence-electron chi connectivity index (χ0n) is 11.3. The summed E-state index contributed by atoms with van der Waals surface area (Å²) in [5.41, 5.74) is 1.11. The number of benzene rings is 1. The lowest BCUT2D eigenvalue weighted by molar-refractivity contribution is -0.130. The van der Waals surface area contributed by atoms with Gasteiger partial charge in [0.2, 0.25) is 5.91 Å². The van der Waals surface area contributed by atoms with Gasteiger partial charge in [-0.05, 0) is 31.4 Å². The highest BCUT2D eigenvalue weighted by Gasteiger charge is 2.23. The zero-order chi connectivity index (χ0) is 13.7. The molecule has 0 saturated carbocycles. The van der Waals surface area contributed by atoms with Crippen LogP contribution in [0.1, 0.15) is 24.8 Å². The smallest absolute Gasteiger partial charge is 0.222 e. The number of carbonyl (C=O) groups excluding carboxylic acids is 1. The highest BCUT2D eigenvalue weighted by atomic mass is 16.5. The lowest BCUT2D eigenvalue weighted by Gasteiger charge is -2.15. The van der Waals surface area contributed by atoms with Crippen molar-refractivity contribution in [2.24, 2.45) is 0 Å². The van der Waals surface area contributed by atoms with Crippen LogP contribution < -0.4 is 4.74 Å². The molecule has 1 aliphatic heterocycles. The first-order valence-electron chi connectivity index (χ1n) is 6.81. The molecule has 1 aromatic rings. The largest absolute Gasteiger partial charge is 0.493 e. The van der Waals surface area contributed by atoms with Crippen LogP contribution in [-0.2, 0) is 4.79 Å². The fourth-order valence-corrected chi connectivity index (χ4v) is 2.25. The van der Waals surface area contributed by atoms with E-state index >= 15 is 0 Å². The summed E-state index contributed by atoms with van der Waals surface area (Å²) in [7, 11) is 0. The first-order chi connectivity index (χ1) is 9.16. The molecule has 104 valence electrons. The van der Waals surface area contributed by atoms with Crippen LogP contribution in [0.3, 0.4) is 0 Å². The zero-order valence-corrected chi connectivity index (χ0v) is 11.3. The van der Waals surface area contributed by atoms with Crippen LogP contribution >= 0.6 is 0 Å². The molecule has 4 heteroatoms. The van der Waals surface area contributed by atoms with Gasteiger partial charge in [-0.15, -0.1) is 0 Å². The van der Waals surface area contributed by atoms with Gasteiger partial charge in [0, 0.05) is 19.5 Å². The van der Waals surface area contributed by atoms with Crippen LogP contribution in [0.15, 0.2) is 24.3 Å². The summed E-state index contributed by atoms with van der Waals surface area (Å²) in [5.74, 6) is 0.997. The van der Waals surface area contributed by atoms with Crippen LogP contribution in [0.2, 0.25) is 0 Å². The van der Waals surface area contributed by atoms with Gasteiger partial charge in [0.15, 0.2) is 0 Å². The van der Waals surface area contributed by atoms with Gasteiger partial charge in [-0.25, -0.2) is 0 Å². The minimum atomic E-state index is -0.341. The predicted octanol–water partition coefficient (Wildman–Crippen LogP) is 1.75. The lowest BCUT2D eigenvalue weighted by Crippen LogP contribution is -2.29. The number of β-amino-alcohol motifs (C(OH)–C–C–N with tert-alkyl or cyclic N) is 1. The number of aliphatic hydroxyl groups excluding tert-OH is 1. The second kappa shape index (κ2) is 6.57. The number of amides is 1. The van der Waals surface area contributed by atoms with E-state index in [0.717, 1.165) is 11.3 Å². The molecule has 0 radical (unpaired) electrons. The van der Waals surface area contributed by atoms with E-state index in [2.05, 4.69) is 0 Å². The molecule has 1 unspecified atom stereocenters. The number of hydrogen-bond donors (Lipinski definition) is 1. The Morgan fingerprint density at radius 3 is 2.95 bits per heavy atom. The fraction of sp³-hybridized carbons (Fsp3) is 0.533. The van der Waals surface area contributed by atoms with Crippen molar-refractivity contribution >= 4 is 5.91 Å². The Morgan fingerprint density at radius 1 is 1.47 bits per heavy atom. The van der Waals surface area contributed by atoms with Crippen molar-refractivity contribution < 1.29 is 14.6 Å². The Kier molecular flexibility index (Phi) is 4.80. The molecule has 19 heavy (non-hydrogen) atoms. The van der Waals surface area contributed by atoms with Crippen molar-refractivity contribution in [2.75, 3.05) is 19.7 Å². The molecule has 1 aromatic carbocycles. The fourth-order valence-electron chi connectivity index (χ4n) is 2.25. The van der Waals surface area contributed by atoms with Gasteiger partial charge in [-0.1, -0.05) is 18.2 Å². The molecule has 1 N–H and O–H groups in total. The molecular formula is C15H21NO3. The van der Waals surface area contributed by atoms with Crippen molar-refractivity contribution in [1.29, 1.82) is 0 Å². The normalized spacial score (nSPS) is 18.6. The van der Waals surface area contributed by atoms with E-state index in [1.54, 1.807) is 4.90 Å². The molecule has 1 fully saturated rings. The van der Waals surface area contributed by atoms with Gasteiger partial charge in [-0.3, -0.25) is 4.79 Å². The molecule has 1 saturated heterocycles. The van der Waals surface area contributed by atoms with Crippen molar-refractivity contribution in [2.45, 2.75) is 32.3 Å². The van der Waals surface area contributed by atoms with Crippen LogP contribution in [0.25, 0.3) is 0 Å². The quantitative estimate of drug-likeness (QED) is 0.823. The van der Waals surface area contributed by atoms with E-state index in [4.69, 9.17) is 4.74 Å². The highest BCUT2D eigenvalue weighted by molar-refractivity contribution is 5.76. The summed E-state index contributed by atoms with van der Waals surface area (Å²) in [6.45, 7) is 3.72. The number of rotatable bonds is 5. The highest BCUT2D eigenvalue weighted by Crippen LogP contribution is 2.17. The summed E-state index contributed by atoms with van der Waals surface area (Å²) in [6, 6.07) is 7.86. The minimum absolute atomic E-state index is 0.116. The van der Waals surface area contributed by atoms with E-state index in [9.17, 15) is 9.90 Å². The molecule has 2 rings (SSSR count). The van der Waals surface area contributed by atoms with Gasteiger partial charge < -0.3 is 14.7 Å². The number of ether oxygens (including phenoxy) is 1. The molecule has 1 aliphatic rings. The standard InChI is InChI=1S/C15H21NO3/c1-12-5-2-3-6-14(12)19-10-4-7-15(18)16-9-8-13(17)11-16/h2-3,5-6,13,17H,4,7-11H2,1H3. The molecule has 0 aromatic heterocycles. The molecule has 1 heterocycles. The molecule has 0 aliphatic carbocycles. The maximum atomic E-state index is 11.8. The second-order valence-electron chi connectivity index (χ2n) is 5.00. The van der Waals surface area contributed by atoms with E-state index in [-0.39, 0.29) is 12.0 Å². The van der Waals surface area contributed by atoms with Crippen LogP contribution in [0.4, 0.5) is 0 Å². The van der Waals surface area contributed by atoms with E-state index in [0.29, 0.717) is 39.0 Å². The maximum Gasteiger partial charge on any atom is 0.222 e. The SMILES string of the molecule is Cc1ccccc1OCCCC(=O)N1CCC(O)C1. The Labute approximate surface area is 114 Å². The van der Waals surface area contributed by atoms with Gasteiger partial charge in [0.05, 0.1) is 12.7 Å². The number of aryl methyl sites for hydroxylation is 1. The van der Waals surface area contributed by atoms with Gasteiger partial charge in [0.1, 0.15) is 5.75 Å². The number of likely N-dealkylation sites (tertiary alicyclic amines) is 1. The van der Waals surface area contributed by atoms with Crippen LogP contribution in [0, 0.1) is 6.92 Å². The van der Waals surface area contributed by atoms with Crippen molar-refractivity contribution in [3.8, 4) is 5.75 Å². The average Bonchev–Trinajstić information content (AvgIpc) is 2.83. The average molecular weight is 263 g/mol. The molecular weight excluding hydrogens is 242 g/mol. The van der Waals surface area contributed by atoms with Crippen molar-refractivity contribution in [3.63, 3.8) is 0 Å². The molecule has 0 spiro atoms. The Bertz CT molecular complexity index is 433. The maximum absolute atomic E-state index is 11.8. The third-order valence-corrected chi connectivity index (χ3v) is 3.40. The summed E-state index contributed by atoms with van der Waals surface area (Å²) >= 11 is 0. The van der Waals surface area contributed by atoms with Gasteiger partial charge >= 0.3 is 0 Å².